The second-order valence-corrected chi connectivity index (χ2v) is 9.84. The molecule has 0 spiro atoms. The number of benzene rings is 1. The number of rotatable bonds is 10. The SMILES string of the molecule is COc1ccc2nccc(C(F)CC[C@@H]3CCN(CCSc4ncccc4F)C[C@@H]3C(=O)O)c2c1. The molecule has 0 saturated carbocycles. The highest BCUT2D eigenvalue weighted by Crippen LogP contribution is 2.35. The van der Waals surface area contributed by atoms with Crippen molar-refractivity contribution >= 4 is 28.6 Å². The Balaban J connectivity index is 1.34. The molecule has 1 N–H and O–H groups in total. The molecule has 9 heteroatoms. The molecule has 4 rings (SSSR count). The molecule has 0 radical (unpaired) electrons. The van der Waals surface area contributed by atoms with Crippen molar-refractivity contribution in [2.24, 2.45) is 11.8 Å². The lowest BCUT2D eigenvalue weighted by molar-refractivity contribution is -0.146. The first-order chi connectivity index (χ1) is 17.0. The van der Waals surface area contributed by atoms with E-state index in [0.29, 0.717) is 58.9 Å². The summed E-state index contributed by atoms with van der Waals surface area (Å²) in [6, 6.07) is 10.0. The molecule has 6 nitrogen and oxygen atoms in total. The normalized spacial score (nSPS) is 19.5. The van der Waals surface area contributed by atoms with E-state index in [1.165, 1.54) is 17.8 Å². The van der Waals surface area contributed by atoms with Crippen LogP contribution in [0.1, 0.15) is 31.0 Å². The number of ether oxygens (including phenoxy) is 1. The molecular weight excluding hydrogens is 472 g/mol. The molecule has 1 fully saturated rings. The number of carbonyl (C=O) groups is 1. The Morgan fingerprint density at radius 3 is 2.91 bits per heavy atom. The van der Waals surface area contributed by atoms with Gasteiger partial charge in [0.05, 0.1) is 18.5 Å². The fourth-order valence-electron chi connectivity index (χ4n) is 4.71. The number of likely N-dealkylation sites (tertiary alicyclic amines) is 1. The van der Waals surface area contributed by atoms with E-state index in [1.807, 2.05) is 0 Å². The van der Waals surface area contributed by atoms with Crippen LogP contribution in [0, 0.1) is 17.7 Å². The number of carboxylic acids is 1. The third-order valence-corrected chi connectivity index (χ3v) is 7.60. The first kappa shape index (κ1) is 25.3. The van der Waals surface area contributed by atoms with E-state index >= 15 is 4.39 Å². The molecule has 3 heterocycles. The van der Waals surface area contributed by atoms with Gasteiger partial charge < -0.3 is 14.7 Å². The van der Waals surface area contributed by atoms with Gasteiger partial charge in [-0.3, -0.25) is 9.78 Å². The summed E-state index contributed by atoms with van der Waals surface area (Å²) in [7, 11) is 1.57. The number of hydrogen-bond donors (Lipinski definition) is 1. The van der Waals surface area contributed by atoms with Crippen LogP contribution in [0.15, 0.2) is 53.8 Å². The van der Waals surface area contributed by atoms with Gasteiger partial charge in [0.2, 0.25) is 0 Å². The summed E-state index contributed by atoms with van der Waals surface area (Å²) in [5.74, 6) is -0.581. The first-order valence-corrected chi connectivity index (χ1v) is 12.7. The molecule has 1 aliphatic rings. The first-order valence-electron chi connectivity index (χ1n) is 11.7. The van der Waals surface area contributed by atoms with E-state index in [2.05, 4.69) is 14.9 Å². The zero-order chi connectivity index (χ0) is 24.8. The highest BCUT2D eigenvalue weighted by atomic mass is 32.2. The van der Waals surface area contributed by atoms with Crippen LogP contribution in [-0.2, 0) is 4.79 Å². The number of alkyl halides is 1. The van der Waals surface area contributed by atoms with Crippen molar-refractivity contribution in [3.8, 4) is 5.75 Å². The molecule has 186 valence electrons. The zero-order valence-corrected chi connectivity index (χ0v) is 20.4. The highest BCUT2D eigenvalue weighted by Gasteiger charge is 2.34. The van der Waals surface area contributed by atoms with Crippen LogP contribution >= 0.6 is 11.8 Å². The zero-order valence-electron chi connectivity index (χ0n) is 19.6. The third-order valence-electron chi connectivity index (χ3n) is 6.64. The van der Waals surface area contributed by atoms with E-state index < -0.39 is 18.1 Å². The number of thioether (sulfide) groups is 1. The van der Waals surface area contributed by atoms with Crippen LogP contribution in [-0.4, -0.2) is 58.4 Å². The molecule has 1 unspecified atom stereocenters. The topological polar surface area (TPSA) is 75.5 Å². The molecule has 0 bridgehead atoms. The predicted octanol–water partition coefficient (Wildman–Crippen LogP) is 5.38. The van der Waals surface area contributed by atoms with Gasteiger partial charge in [-0.2, -0.15) is 0 Å². The van der Waals surface area contributed by atoms with E-state index in [9.17, 15) is 14.3 Å². The van der Waals surface area contributed by atoms with Crippen LogP contribution in [0.3, 0.4) is 0 Å². The standard InChI is InChI=1S/C26H29F2N3O3S/c1-34-18-5-7-24-20(15-18)19(8-11-29-24)22(27)6-4-17-9-12-31(16-21(17)26(32)33)13-14-35-25-23(28)3-2-10-30-25/h2-3,5,7-8,10-11,15,17,21-22H,4,6,9,12-14,16H2,1H3,(H,32,33)/t17-,21+,22?/m1/s1. The number of fused-ring (bicyclic) bond motifs is 1. The fourth-order valence-corrected chi connectivity index (χ4v) is 5.59. The Labute approximate surface area is 207 Å². The maximum Gasteiger partial charge on any atom is 0.308 e. The smallest absolute Gasteiger partial charge is 0.308 e. The second-order valence-electron chi connectivity index (χ2n) is 8.76. The average Bonchev–Trinajstić information content (AvgIpc) is 2.88. The van der Waals surface area contributed by atoms with Crippen LogP contribution in [0.25, 0.3) is 10.9 Å². The number of methoxy groups -OCH3 is 1. The lowest BCUT2D eigenvalue weighted by Crippen LogP contribution is -2.44. The number of nitrogens with zero attached hydrogens (tertiary/aromatic N) is 3. The van der Waals surface area contributed by atoms with Gasteiger partial charge in [0.25, 0.3) is 0 Å². The van der Waals surface area contributed by atoms with E-state index in [1.54, 1.807) is 49.8 Å². The molecule has 3 aromatic rings. The van der Waals surface area contributed by atoms with Crippen LogP contribution in [0.4, 0.5) is 8.78 Å². The van der Waals surface area contributed by atoms with Crippen molar-refractivity contribution in [1.29, 1.82) is 0 Å². The maximum absolute atomic E-state index is 15.4. The van der Waals surface area contributed by atoms with E-state index in [0.717, 1.165) is 6.54 Å². The molecule has 1 saturated heterocycles. The summed E-state index contributed by atoms with van der Waals surface area (Å²) in [5, 5.41) is 10.9. The Morgan fingerprint density at radius 1 is 1.29 bits per heavy atom. The molecular formula is C26H29F2N3O3S. The number of hydrogen-bond acceptors (Lipinski definition) is 6. The van der Waals surface area contributed by atoms with Gasteiger partial charge in [0.15, 0.2) is 5.82 Å². The van der Waals surface area contributed by atoms with Crippen molar-refractivity contribution in [3.63, 3.8) is 0 Å². The van der Waals surface area contributed by atoms with Gasteiger partial charge in [-0.1, -0.05) is 0 Å². The van der Waals surface area contributed by atoms with Gasteiger partial charge in [0, 0.05) is 36.6 Å². The summed E-state index contributed by atoms with van der Waals surface area (Å²) in [6.45, 7) is 1.80. The fraction of sp³-hybridized carbons (Fsp3) is 0.423. The molecule has 3 atom stereocenters. The van der Waals surface area contributed by atoms with E-state index in [4.69, 9.17) is 4.74 Å². The van der Waals surface area contributed by atoms with Crippen molar-refractivity contribution in [1.82, 2.24) is 14.9 Å². The summed E-state index contributed by atoms with van der Waals surface area (Å²) < 4.78 is 34.4. The Bertz CT molecular complexity index is 1170. The minimum absolute atomic E-state index is 0.0921. The highest BCUT2D eigenvalue weighted by molar-refractivity contribution is 7.99. The maximum atomic E-state index is 15.4. The van der Waals surface area contributed by atoms with Crippen molar-refractivity contribution in [2.45, 2.75) is 30.5 Å². The number of aromatic nitrogens is 2. The molecule has 35 heavy (non-hydrogen) atoms. The Hall–Kier alpha value is -2.78. The lowest BCUT2D eigenvalue weighted by atomic mass is 9.81. The predicted molar refractivity (Wildman–Crippen MR) is 132 cm³/mol. The van der Waals surface area contributed by atoms with Crippen molar-refractivity contribution in [3.05, 3.63) is 60.2 Å². The second kappa shape index (κ2) is 11.8. The summed E-state index contributed by atoms with van der Waals surface area (Å²) in [4.78, 5) is 22.4. The van der Waals surface area contributed by atoms with Crippen molar-refractivity contribution in [2.75, 3.05) is 32.5 Å². The van der Waals surface area contributed by atoms with Crippen LogP contribution in [0.2, 0.25) is 0 Å². The van der Waals surface area contributed by atoms with Crippen molar-refractivity contribution < 1.29 is 23.4 Å². The van der Waals surface area contributed by atoms with Crippen LogP contribution in [0.5, 0.6) is 5.75 Å². The van der Waals surface area contributed by atoms with Gasteiger partial charge in [-0.25, -0.2) is 13.8 Å². The minimum atomic E-state index is -1.22. The minimum Gasteiger partial charge on any atom is -0.497 e. The largest absolute Gasteiger partial charge is 0.497 e. The van der Waals surface area contributed by atoms with Gasteiger partial charge in [0.1, 0.15) is 16.9 Å². The van der Waals surface area contributed by atoms with Crippen LogP contribution < -0.4 is 4.74 Å². The summed E-state index contributed by atoms with van der Waals surface area (Å²) >= 11 is 1.33. The quantitative estimate of drug-likeness (QED) is 0.374. The number of aliphatic carboxylic acids is 1. The van der Waals surface area contributed by atoms with E-state index in [-0.39, 0.29) is 18.2 Å². The Morgan fingerprint density at radius 2 is 2.14 bits per heavy atom. The third kappa shape index (κ3) is 6.27. The number of piperidine rings is 1. The van der Waals surface area contributed by atoms with Gasteiger partial charge in [-0.05, 0) is 73.7 Å². The molecule has 1 aromatic carbocycles. The number of halogens is 2. The monoisotopic (exact) mass is 501 g/mol. The molecule has 1 aliphatic heterocycles. The molecule has 0 amide bonds. The Kier molecular flexibility index (Phi) is 8.51. The molecule has 2 aromatic heterocycles. The summed E-state index contributed by atoms with van der Waals surface area (Å²) in [5.41, 5.74) is 1.25. The number of carboxylic acid groups (broad SMARTS) is 1. The van der Waals surface area contributed by atoms with Gasteiger partial charge in [-0.15, -0.1) is 11.8 Å². The summed E-state index contributed by atoms with van der Waals surface area (Å²) in [6.07, 6.45) is 3.37. The number of pyridine rings is 2. The van der Waals surface area contributed by atoms with Gasteiger partial charge >= 0.3 is 5.97 Å². The average molecular weight is 502 g/mol. The lowest BCUT2D eigenvalue weighted by Gasteiger charge is -2.36. The molecule has 0 aliphatic carbocycles.